The second-order valence-electron chi connectivity index (χ2n) is 4.82. The van der Waals surface area contributed by atoms with Gasteiger partial charge in [0.1, 0.15) is 0 Å². The van der Waals surface area contributed by atoms with Gasteiger partial charge in [0, 0.05) is 12.6 Å². The summed E-state index contributed by atoms with van der Waals surface area (Å²) in [6, 6.07) is 12.1. The molecular formula is C16H17F2N. The molecule has 0 atom stereocenters. The minimum atomic E-state index is -0.818. The van der Waals surface area contributed by atoms with Crippen LogP contribution in [0.1, 0.15) is 19.4 Å². The second-order valence-corrected chi connectivity index (χ2v) is 4.82. The summed E-state index contributed by atoms with van der Waals surface area (Å²) in [5.74, 6) is -1.63. The van der Waals surface area contributed by atoms with E-state index in [1.54, 1.807) is 6.07 Å². The molecule has 2 aromatic carbocycles. The highest BCUT2D eigenvalue weighted by Crippen LogP contribution is 2.25. The van der Waals surface area contributed by atoms with E-state index in [9.17, 15) is 8.78 Å². The van der Waals surface area contributed by atoms with Crippen LogP contribution in [0.2, 0.25) is 0 Å². The van der Waals surface area contributed by atoms with Crippen LogP contribution in [-0.2, 0) is 6.54 Å². The van der Waals surface area contributed by atoms with E-state index in [1.165, 1.54) is 6.07 Å². The van der Waals surface area contributed by atoms with Gasteiger partial charge in [0.2, 0.25) is 0 Å². The van der Waals surface area contributed by atoms with E-state index in [1.807, 2.05) is 24.3 Å². The number of halogens is 2. The zero-order valence-corrected chi connectivity index (χ0v) is 11.1. The minimum Gasteiger partial charge on any atom is -0.310 e. The van der Waals surface area contributed by atoms with Crippen molar-refractivity contribution < 1.29 is 8.78 Å². The van der Waals surface area contributed by atoms with Gasteiger partial charge in [-0.1, -0.05) is 44.2 Å². The lowest BCUT2D eigenvalue weighted by Gasteiger charge is -2.13. The molecule has 100 valence electrons. The first kappa shape index (κ1) is 13.7. The lowest BCUT2D eigenvalue weighted by atomic mass is 9.99. The molecule has 0 aliphatic heterocycles. The van der Waals surface area contributed by atoms with Crippen molar-refractivity contribution >= 4 is 0 Å². The maximum Gasteiger partial charge on any atom is 0.159 e. The Morgan fingerprint density at radius 1 is 1.00 bits per heavy atom. The summed E-state index contributed by atoms with van der Waals surface area (Å²) in [6.07, 6.45) is 0. The Labute approximate surface area is 112 Å². The van der Waals surface area contributed by atoms with Crippen LogP contribution in [-0.4, -0.2) is 6.04 Å². The van der Waals surface area contributed by atoms with Crippen molar-refractivity contribution in [2.75, 3.05) is 0 Å². The third-order valence-electron chi connectivity index (χ3n) is 2.95. The molecule has 0 aliphatic carbocycles. The van der Waals surface area contributed by atoms with Gasteiger partial charge in [-0.25, -0.2) is 8.78 Å². The van der Waals surface area contributed by atoms with E-state index < -0.39 is 11.6 Å². The molecule has 0 aliphatic rings. The standard InChI is InChI=1S/C16H17F2N/c1-11(2)19-10-13-5-3-4-6-14(13)12-7-8-15(17)16(18)9-12/h3-9,11,19H,10H2,1-2H3. The first-order valence-corrected chi connectivity index (χ1v) is 6.34. The van der Waals surface area contributed by atoms with E-state index in [0.717, 1.165) is 17.2 Å². The molecule has 2 aromatic rings. The predicted octanol–water partition coefficient (Wildman–Crippen LogP) is 4.13. The zero-order valence-electron chi connectivity index (χ0n) is 11.1. The fourth-order valence-corrected chi connectivity index (χ4v) is 1.93. The molecule has 1 N–H and O–H groups in total. The van der Waals surface area contributed by atoms with Crippen molar-refractivity contribution in [3.8, 4) is 11.1 Å². The highest BCUT2D eigenvalue weighted by molar-refractivity contribution is 5.67. The Hall–Kier alpha value is -1.74. The first-order chi connectivity index (χ1) is 9.08. The van der Waals surface area contributed by atoms with Gasteiger partial charge in [0.15, 0.2) is 11.6 Å². The largest absolute Gasteiger partial charge is 0.310 e. The van der Waals surface area contributed by atoms with E-state index in [-0.39, 0.29) is 0 Å². The number of benzene rings is 2. The van der Waals surface area contributed by atoms with Gasteiger partial charge < -0.3 is 5.32 Å². The topological polar surface area (TPSA) is 12.0 Å². The SMILES string of the molecule is CC(C)NCc1ccccc1-c1ccc(F)c(F)c1. The van der Waals surface area contributed by atoms with Crippen LogP contribution < -0.4 is 5.32 Å². The van der Waals surface area contributed by atoms with Gasteiger partial charge in [-0.15, -0.1) is 0 Å². The summed E-state index contributed by atoms with van der Waals surface area (Å²) in [5.41, 5.74) is 2.69. The smallest absolute Gasteiger partial charge is 0.159 e. The molecule has 0 unspecified atom stereocenters. The van der Waals surface area contributed by atoms with Crippen molar-refractivity contribution in [3.63, 3.8) is 0 Å². The van der Waals surface area contributed by atoms with Crippen molar-refractivity contribution in [1.29, 1.82) is 0 Å². The summed E-state index contributed by atoms with van der Waals surface area (Å²) in [6.45, 7) is 4.84. The van der Waals surface area contributed by atoms with Crippen LogP contribution >= 0.6 is 0 Å². The monoisotopic (exact) mass is 261 g/mol. The van der Waals surface area contributed by atoms with E-state index >= 15 is 0 Å². The Morgan fingerprint density at radius 2 is 1.74 bits per heavy atom. The van der Waals surface area contributed by atoms with Crippen LogP contribution in [0.25, 0.3) is 11.1 Å². The molecule has 19 heavy (non-hydrogen) atoms. The molecule has 3 heteroatoms. The maximum absolute atomic E-state index is 13.3. The van der Waals surface area contributed by atoms with Gasteiger partial charge in [-0.3, -0.25) is 0 Å². The van der Waals surface area contributed by atoms with Crippen LogP contribution in [0.15, 0.2) is 42.5 Å². The highest BCUT2D eigenvalue weighted by Gasteiger charge is 2.08. The predicted molar refractivity (Wildman–Crippen MR) is 73.8 cm³/mol. The summed E-state index contributed by atoms with van der Waals surface area (Å²) < 4.78 is 26.3. The molecule has 0 spiro atoms. The lowest BCUT2D eigenvalue weighted by Crippen LogP contribution is -2.22. The average Bonchev–Trinajstić information content (AvgIpc) is 2.40. The highest BCUT2D eigenvalue weighted by atomic mass is 19.2. The molecule has 0 heterocycles. The molecule has 0 amide bonds. The van der Waals surface area contributed by atoms with Crippen molar-refractivity contribution in [2.45, 2.75) is 26.4 Å². The Kier molecular flexibility index (Phi) is 4.27. The normalized spacial score (nSPS) is 11.0. The number of rotatable bonds is 4. The summed E-state index contributed by atoms with van der Waals surface area (Å²) >= 11 is 0. The third-order valence-corrected chi connectivity index (χ3v) is 2.95. The van der Waals surface area contributed by atoms with Gasteiger partial charge >= 0.3 is 0 Å². The Bertz CT molecular complexity index is 564. The van der Waals surface area contributed by atoms with E-state index in [2.05, 4.69) is 19.2 Å². The van der Waals surface area contributed by atoms with Crippen molar-refractivity contribution in [1.82, 2.24) is 5.32 Å². The Morgan fingerprint density at radius 3 is 2.42 bits per heavy atom. The lowest BCUT2D eigenvalue weighted by molar-refractivity contribution is 0.509. The number of hydrogen-bond donors (Lipinski definition) is 1. The van der Waals surface area contributed by atoms with Crippen LogP contribution in [0.4, 0.5) is 8.78 Å². The molecule has 0 saturated heterocycles. The number of hydrogen-bond acceptors (Lipinski definition) is 1. The quantitative estimate of drug-likeness (QED) is 0.872. The first-order valence-electron chi connectivity index (χ1n) is 6.34. The van der Waals surface area contributed by atoms with Gasteiger partial charge in [0.05, 0.1) is 0 Å². The molecule has 0 bridgehead atoms. The van der Waals surface area contributed by atoms with Gasteiger partial charge in [0.25, 0.3) is 0 Å². The third kappa shape index (κ3) is 3.38. The zero-order chi connectivity index (χ0) is 13.8. The van der Waals surface area contributed by atoms with E-state index in [4.69, 9.17) is 0 Å². The minimum absolute atomic E-state index is 0.373. The molecule has 0 saturated carbocycles. The number of nitrogens with one attached hydrogen (secondary N) is 1. The summed E-state index contributed by atoms with van der Waals surface area (Å²) in [5, 5.41) is 3.33. The fraction of sp³-hybridized carbons (Fsp3) is 0.250. The van der Waals surface area contributed by atoms with Crippen LogP contribution in [0.3, 0.4) is 0 Å². The molecule has 0 fully saturated rings. The fourth-order valence-electron chi connectivity index (χ4n) is 1.93. The summed E-state index contributed by atoms with van der Waals surface area (Å²) in [7, 11) is 0. The molecule has 0 radical (unpaired) electrons. The Balaban J connectivity index is 2.35. The molecule has 0 aromatic heterocycles. The van der Waals surface area contributed by atoms with Crippen LogP contribution in [0, 0.1) is 11.6 Å². The molecule has 2 rings (SSSR count). The van der Waals surface area contributed by atoms with Gasteiger partial charge in [-0.05, 0) is 28.8 Å². The van der Waals surface area contributed by atoms with E-state index in [0.29, 0.717) is 18.2 Å². The van der Waals surface area contributed by atoms with Gasteiger partial charge in [-0.2, -0.15) is 0 Å². The second kappa shape index (κ2) is 5.93. The summed E-state index contributed by atoms with van der Waals surface area (Å²) in [4.78, 5) is 0. The molecular weight excluding hydrogens is 244 g/mol. The molecule has 1 nitrogen and oxygen atoms in total. The maximum atomic E-state index is 13.3. The van der Waals surface area contributed by atoms with Crippen LogP contribution in [0.5, 0.6) is 0 Å². The van der Waals surface area contributed by atoms with Crippen molar-refractivity contribution in [2.24, 2.45) is 0 Å². The van der Waals surface area contributed by atoms with Crippen molar-refractivity contribution in [3.05, 3.63) is 59.7 Å². The average molecular weight is 261 g/mol.